The van der Waals surface area contributed by atoms with Gasteiger partial charge in [0.15, 0.2) is 0 Å². The van der Waals surface area contributed by atoms with Crippen LogP contribution >= 0.6 is 12.2 Å². The topological polar surface area (TPSA) is 34.5 Å². The molecule has 0 aliphatic rings. The molecule has 0 radical (unpaired) electrons. The molecule has 0 amide bonds. The maximum Gasteiger partial charge on any atom is 0.213 e. The van der Waals surface area contributed by atoms with Crippen molar-refractivity contribution in [3.8, 4) is 5.88 Å². The number of nitrogens with zero attached hydrogens (tertiary/aromatic N) is 2. The van der Waals surface area contributed by atoms with Gasteiger partial charge in [-0.3, -0.25) is 0 Å². The summed E-state index contributed by atoms with van der Waals surface area (Å²) in [6.45, 7) is 0.504. The first kappa shape index (κ1) is 11.5. The lowest BCUT2D eigenvalue weighted by molar-refractivity contribution is 0.294. The molecule has 0 atom stereocenters. The Labute approximate surface area is 105 Å². The van der Waals surface area contributed by atoms with Crippen molar-refractivity contribution in [3.63, 3.8) is 0 Å². The first-order valence-corrected chi connectivity index (χ1v) is 5.50. The fourth-order valence-electron chi connectivity index (χ4n) is 1.31. The van der Waals surface area contributed by atoms with E-state index < -0.39 is 0 Å². The highest BCUT2D eigenvalue weighted by Crippen LogP contribution is 2.14. The van der Waals surface area contributed by atoms with Gasteiger partial charge in [0.05, 0.1) is 17.0 Å². The second kappa shape index (κ2) is 5.89. The van der Waals surface area contributed by atoms with E-state index in [0.29, 0.717) is 18.2 Å². The second-order valence-corrected chi connectivity index (χ2v) is 3.51. The molecule has 17 heavy (non-hydrogen) atoms. The van der Waals surface area contributed by atoms with Crippen LogP contribution in [0.15, 0.2) is 53.7 Å². The summed E-state index contributed by atoms with van der Waals surface area (Å²) in [5.74, 6) is 0.567. The molecule has 1 heterocycles. The molecule has 0 N–H and O–H groups in total. The molecule has 0 fully saturated rings. The van der Waals surface area contributed by atoms with Crippen LogP contribution in [0.25, 0.3) is 0 Å². The smallest absolute Gasteiger partial charge is 0.213 e. The van der Waals surface area contributed by atoms with Gasteiger partial charge in [-0.25, -0.2) is 4.98 Å². The first-order valence-electron chi connectivity index (χ1n) is 5.09. The average Bonchev–Trinajstić information content (AvgIpc) is 2.40. The number of pyridine rings is 1. The van der Waals surface area contributed by atoms with Gasteiger partial charge in [0.25, 0.3) is 0 Å². The molecule has 0 aliphatic heterocycles. The zero-order chi connectivity index (χ0) is 11.9. The van der Waals surface area contributed by atoms with Crippen LogP contribution in [0.3, 0.4) is 0 Å². The van der Waals surface area contributed by atoms with Crippen molar-refractivity contribution in [1.29, 1.82) is 0 Å². The molecule has 1 aromatic heterocycles. The second-order valence-electron chi connectivity index (χ2n) is 3.33. The highest BCUT2D eigenvalue weighted by atomic mass is 32.1. The lowest BCUT2D eigenvalue weighted by Crippen LogP contribution is -1.96. The van der Waals surface area contributed by atoms with Crippen LogP contribution in [0.4, 0.5) is 5.69 Å². The van der Waals surface area contributed by atoms with Crippen molar-refractivity contribution in [2.45, 2.75) is 6.61 Å². The number of isothiocyanates is 1. The SMILES string of the molecule is S=C=Nc1ccc(OCc2ccccc2)nc1. The molecule has 0 spiro atoms. The van der Waals surface area contributed by atoms with Crippen LogP contribution in [0.1, 0.15) is 5.56 Å². The molecule has 0 saturated carbocycles. The highest BCUT2D eigenvalue weighted by molar-refractivity contribution is 7.78. The largest absolute Gasteiger partial charge is 0.473 e. The predicted octanol–water partition coefficient (Wildman–Crippen LogP) is 3.39. The maximum absolute atomic E-state index is 5.53. The number of benzene rings is 1. The lowest BCUT2D eigenvalue weighted by atomic mass is 10.2. The summed E-state index contributed by atoms with van der Waals surface area (Å²) in [5, 5.41) is 2.29. The minimum Gasteiger partial charge on any atom is -0.473 e. The number of hydrogen-bond donors (Lipinski definition) is 0. The van der Waals surface area contributed by atoms with Crippen molar-refractivity contribution >= 4 is 23.1 Å². The molecule has 0 aliphatic carbocycles. The van der Waals surface area contributed by atoms with E-state index in [1.165, 1.54) is 0 Å². The summed E-state index contributed by atoms with van der Waals surface area (Å²) in [4.78, 5) is 7.92. The van der Waals surface area contributed by atoms with Crippen LogP contribution in [0.2, 0.25) is 0 Å². The molecular weight excluding hydrogens is 232 g/mol. The standard InChI is InChI=1S/C13H10N2OS/c17-10-15-12-6-7-13(14-8-12)16-9-11-4-2-1-3-5-11/h1-8H,9H2. The minimum atomic E-state index is 0.504. The quantitative estimate of drug-likeness (QED) is 0.608. The lowest BCUT2D eigenvalue weighted by Gasteiger charge is -2.04. The number of ether oxygens (including phenoxy) is 1. The van der Waals surface area contributed by atoms with Crippen LogP contribution < -0.4 is 4.74 Å². The number of aliphatic imine (C=N–C) groups is 1. The third-order valence-corrected chi connectivity index (χ3v) is 2.22. The number of rotatable bonds is 4. The summed E-state index contributed by atoms with van der Waals surface area (Å²) in [5.41, 5.74) is 1.78. The summed E-state index contributed by atoms with van der Waals surface area (Å²) >= 11 is 4.51. The summed E-state index contributed by atoms with van der Waals surface area (Å²) in [6.07, 6.45) is 1.60. The van der Waals surface area contributed by atoms with Crippen molar-refractivity contribution in [3.05, 3.63) is 54.2 Å². The van der Waals surface area contributed by atoms with E-state index in [9.17, 15) is 0 Å². The summed E-state index contributed by atoms with van der Waals surface area (Å²) < 4.78 is 5.53. The Morgan fingerprint density at radius 1 is 1.18 bits per heavy atom. The fraction of sp³-hybridized carbons (Fsp3) is 0.0769. The molecule has 3 nitrogen and oxygen atoms in total. The highest BCUT2D eigenvalue weighted by Gasteiger charge is 1.96. The molecule has 4 heteroatoms. The van der Waals surface area contributed by atoms with E-state index in [0.717, 1.165) is 5.56 Å². The van der Waals surface area contributed by atoms with Crippen molar-refractivity contribution in [1.82, 2.24) is 4.98 Å². The van der Waals surface area contributed by atoms with Gasteiger partial charge in [-0.05, 0) is 23.8 Å². The van der Waals surface area contributed by atoms with Crippen molar-refractivity contribution in [2.24, 2.45) is 4.99 Å². The number of hydrogen-bond acceptors (Lipinski definition) is 4. The Hall–Kier alpha value is -2.03. The van der Waals surface area contributed by atoms with Crippen molar-refractivity contribution in [2.75, 3.05) is 0 Å². The van der Waals surface area contributed by atoms with Gasteiger partial charge >= 0.3 is 0 Å². The van der Waals surface area contributed by atoms with E-state index >= 15 is 0 Å². The molecular formula is C13H10N2OS. The normalized spacial score (nSPS) is 9.41. The Kier molecular flexibility index (Phi) is 3.97. The first-order chi connectivity index (χ1) is 8.38. The Balaban J connectivity index is 1.98. The van der Waals surface area contributed by atoms with Crippen LogP contribution in [0.5, 0.6) is 5.88 Å². The predicted molar refractivity (Wildman–Crippen MR) is 69.7 cm³/mol. The van der Waals surface area contributed by atoms with Gasteiger partial charge in [-0.15, -0.1) is 0 Å². The molecule has 0 saturated heterocycles. The van der Waals surface area contributed by atoms with Crippen LogP contribution in [0, 0.1) is 0 Å². The maximum atomic E-state index is 5.53. The fourth-order valence-corrected chi connectivity index (χ4v) is 1.41. The third-order valence-electron chi connectivity index (χ3n) is 2.13. The van der Waals surface area contributed by atoms with Gasteiger partial charge in [0.2, 0.25) is 5.88 Å². The monoisotopic (exact) mass is 242 g/mol. The molecule has 0 bridgehead atoms. The number of aromatic nitrogens is 1. The van der Waals surface area contributed by atoms with Crippen molar-refractivity contribution < 1.29 is 4.74 Å². The molecule has 2 rings (SSSR count). The number of thiocarbonyl (C=S) groups is 1. The van der Waals surface area contributed by atoms with E-state index in [4.69, 9.17) is 4.74 Å². The van der Waals surface area contributed by atoms with E-state index in [-0.39, 0.29) is 0 Å². The van der Waals surface area contributed by atoms with Gasteiger partial charge in [0.1, 0.15) is 6.61 Å². The zero-order valence-corrected chi connectivity index (χ0v) is 9.85. The van der Waals surface area contributed by atoms with E-state index in [2.05, 4.69) is 27.4 Å². The van der Waals surface area contributed by atoms with Gasteiger partial charge < -0.3 is 4.74 Å². The van der Waals surface area contributed by atoms with Crippen LogP contribution in [-0.2, 0) is 6.61 Å². The van der Waals surface area contributed by atoms with Gasteiger partial charge in [0, 0.05) is 6.07 Å². The van der Waals surface area contributed by atoms with E-state index in [1.807, 2.05) is 30.3 Å². The summed E-state index contributed by atoms with van der Waals surface area (Å²) in [6, 6.07) is 13.5. The molecule has 84 valence electrons. The third kappa shape index (κ3) is 3.48. The summed E-state index contributed by atoms with van der Waals surface area (Å²) in [7, 11) is 0. The Bertz CT molecular complexity index is 519. The average molecular weight is 242 g/mol. The zero-order valence-electron chi connectivity index (χ0n) is 9.04. The van der Waals surface area contributed by atoms with E-state index in [1.54, 1.807) is 18.3 Å². The van der Waals surface area contributed by atoms with Gasteiger partial charge in [-0.2, -0.15) is 4.99 Å². The molecule has 2 aromatic rings. The molecule has 1 aromatic carbocycles. The minimum absolute atomic E-state index is 0.504. The van der Waals surface area contributed by atoms with Gasteiger partial charge in [-0.1, -0.05) is 30.3 Å². The Morgan fingerprint density at radius 3 is 2.65 bits per heavy atom. The Morgan fingerprint density at radius 2 is 2.00 bits per heavy atom. The molecule has 0 unspecified atom stereocenters. The van der Waals surface area contributed by atoms with Crippen LogP contribution in [-0.4, -0.2) is 10.1 Å².